The molecule has 3 rings (SSSR count). The first-order valence-corrected chi connectivity index (χ1v) is 8.45. The van der Waals surface area contributed by atoms with E-state index in [0.717, 1.165) is 26.2 Å². The van der Waals surface area contributed by atoms with Crippen LogP contribution in [0.1, 0.15) is 30.9 Å². The van der Waals surface area contributed by atoms with E-state index in [9.17, 15) is 0 Å². The van der Waals surface area contributed by atoms with Gasteiger partial charge in [-0.15, -0.1) is 0 Å². The van der Waals surface area contributed by atoms with Crippen molar-refractivity contribution in [1.29, 1.82) is 0 Å². The number of piperazine rings is 1. The average Bonchev–Trinajstić information content (AvgIpc) is 2.61. The molecule has 0 saturated carbocycles. The molecule has 1 N–H and O–H groups in total. The molecule has 2 nitrogen and oxygen atoms in total. The maximum Gasteiger partial charge on any atom is 0.0842 e. The Hall–Kier alpha value is -1.64. The van der Waals surface area contributed by atoms with Crippen LogP contribution in [0.4, 0.5) is 0 Å². The van der Waals surface area contributed by atoms with Crippen molar-refractivity contribution in [3.05, 3.63) is 71.8 Å². The van der Waals surface area contributed by atoms with Gasteiger partial charge in [0, 0.05) is 19.6 Å². The highest BCUT2D eigenvalue weighted by Crippen LogP contribution is 2.37. The summed E-state index contributed by atoms with van der Waals surface area (Å²) in [5.41, 5.74) is 2.74. The molecule has 0 bridgehead atoms. The van der Waals surface area contributed by atoms with Crippen LogP contribution in [-0.2, 0) is 5.54 Å². The van der Waals surface area contributed by atoms with Crippen LogP contribution in [0.15, 0.2) is 60.7 Å². The van der Waals surface area contributed by atoms with E-state index < -0.39 is 0 Å². The smallest absolute Gasteiger partial charge is 0.0842 e. The van der Waals surface area contributed by atoms with Gasteiger partial charge in [-0.05, 0) is 24.1 Å². The summed E-state index contributed by atoms with van der Waals surface area (Å²) in [5.74, 6) is 0. The molecule has 0 atom stereocenters. The Morgan fingerprint density at radius 3 is 2.09 bits per heavy atom. The van der Waals surface area contributed by atoms with Crippen molar-refractivity contribution >= 4 is 0 Å². The van der Waals surface area contributed by atoms with Gasteiger partial charge in [0.1, 0.15) is 0 Å². The van der Waals surface area contributed by atoms with Gasteiger partial charge < -0.3 is 5.32 Å². The lowest BCUT2D eigenvalue weighted by Crippen LogP contribution is -2.59. The fraction of sp³-hybridized carbons (Fsp3) is 0.400. The Bertz CT molecular complexity index is 525. The minimum atomic E-state index is -0.0457. The van der Waals surface area contributed by atoms with E-state index >= 15 is 0 Å². The predicted molar refractivity (Wildman–Crippen MR) is 93.0 cm³/mol. The SMILES string of the molecule is CCCCN1CCNCC1(c1ccccc1)c1ccccc1. The standard InChI is InChI=1S/C20H26N2/c1-2-3-15-22-16-14-21-17-20(22,18-10-6-4-7-11-18)19-12-8-5-9-13-19/h4-13,21H,2-3,14-17H2,1H3. The van der Waals surface area contributed by atoms with Gasteiger partial charge in [-0.2, -0.15) is 0 Å². The number of unbranched alkanes of at least 4 members (excludes halogenated alkanes) is 1. The Morgan fingerprint density at radius 1 is 0.955 bits per heavy atom. The highest BCUT2D eigenvalue weighted by Gasteiger charge is 2.41. The minimum Gasteiger partial charge on any atom is -0.313 e. The van der Waals surface area contributed by atoms with Crippen LogP contribution in [0.25, 0.3) is 0 Å². The van der Waals surface area contributed by atoms with Gasteiger partial charge in [0.15, 0.2) is 0 Å². The molecule has 1 aliphatic heterocycles. The summed E-state index contributed by atoms with van der Waals surface area (Å²) in [5, 5.41) is 3.64. The lowest BCUT2D eigenvalue weighted by atomic mass is 9.79. The molecule has 0 amide bonds. The van der Waals surface area contributed by atoms with Crippen molar-refractivity contribution in [2.75, 3.05) is 26.2 Å². The molecule has 1 fully saturated rings. The first kappa shape index (κ1) is 15.3. The molecule has 0 radical (unpaired) electrons. The molecule has 0 spiro atoms. The molecule has 0 aromatic heterocycles. The van der Waals surface area contributed by atoms with Crippen molar-refractivity contribution in [2.24, 2.45) is 0 Å². The summed E-state index contributed by atoms with van der Waals surface area (Å²) >= 11 is 0. The van der Waals surface area contributed by atoms with E-state index in [4.69, 9.17) is 0 Å². The number of benzene rings is 2. The Kier molecular flexibility index (Phi) is 4.91. The van der Waals surface area contributed by atoms with Gasteiger partial charge in [0.2, 0.25) is 0 Å². The molecule has 0 unspecified atom stereocenters. The second-order valence-electron chi connectivity index (χ2n) is 6.11. The summed E-state index contributed by atoms with van der Waals surface area (Å²) in [4.78, 5) is 2.68. The van der Waals surface area contributed by atoms with Crippen LogP contribution in [0.3, 0.4) is 0 Å². The Labute approximate surface area is 134 Å². The molecule has 2 heteroatoms. The summed E-state index contributed by atoms with van der Waals surface area (Å²) in [6, 6.07) is 22.0. The average molecular weight is 294 g/mol. The van der Waals surface area contributed by atoms with Gasteiger partial charge in [-0.3, -0.25) is 4.90 Å². The Balaban J connectivity index is 2.09. The van der Waals surface area contributed by atoms with Crippen LogP contribution >= 0.6 is 0 Å². The zero-order chi connectivity index (χ0) is 15.3. The maximum atomic E-state index is 3.64. The van der Waals surface area contributed by atoms with Crippen molar-refractivity contribution in [3.8, 4) is 0 Å². The maximum absolute atomic E-state index is 3.64. The molecule has 1 aliphatic rings. The van der Waals surface area contributed by atoms with E-state index in [1.165, 1.54) is 24.0 Å². The molecule has 1 saturated heterocycles. The van der Waals surface area contributed by atoms with E-state index in [1.807, 2.05) is 0 Å². The van der Waals surface area contributed by atoms with Crippen molar-refractivity contribution in [2.45, 2.75) is 25.3 Å². The third kappa shape index (κ3) is 2.81. The van der Waals surface area contributed by atoms with E-state index in [0.29, 0.717) is 0 Å². The van der Waals surface area contributed by atoms with Crippen LogP contribution in [0.2, 0.25) is 0 Å². The summed E-state index contributed by atoms with van der Waals surface area (Å²) in [7, 11) is 0. The monoisotopic (exact) mass is 294 g/mol. The first-order chi connectivity index (χ1) is 10.9. The topological polar surface area (TPSA) is 15.3 Å². The first-order valence-electron chi connectivity index (χ1n) is 8.45. The number of rotatable bonds is 5. The van der Waals surface area contributed by atoms with Gasteiger partial charge in [0.05, 0.1) is 5.54 Å². The molecular formula is C20H26N2. The zero-order valence-electron chi connectivity index (χ0n) is 13.5. The Morgan fingerprint density at radius 2 is 1.55 bits per heavy atom. The number of nitrogens with one attached hydrogen (secondary N) is 1. The van der Waals surface area contributed by atoms with Crippen LogP contribution in [0, 0.1) is 0 Å². The van der Waals surface area contributed by atoms with Crippen molar-refractivity contribution in [1.82, 2.24) is 10.2 Å². The molecule has 0 aliphatic carbocycles. The molecule has 116 valence electrons. The highest BCUT2D eigenvalue weighted by molar-refractivity contribution is 5.40. The molecular weight excluding hydrogens is 268 g/mol. The van der Waals surface area contributed by atoms with Crippen molar-refractivity contribution < 1.29 is 0 Å². The molecule has 1 heterocycles. The van der Waals surface area contributed by atoms with Gasteiger partial charge in [-0.25, -0.2) is 0 Å². The quantitative estimate of drug-likeness (QED) is 0.906. The lowest BCUT2D eigenvalue weighted by Gasteiger charge is -2.48. The van der Waals surface area contributed by atoms with Crippen molar-refractivity contribution in [3.63, 3.8) is 0 Å². The summed E-state index contributed by atoms with van der Waals surface area (Å²) in [6.45, 7) is 6.58. The third-order valence-corrected chi connectivity index (χ3v) is 4.76. The molecule has 2 aromatic carbocycles. The molecule has 2 aromatic rings. The lowest BCUT2D eigenvalue weighted by molar-refractivity contribution is 0.0897. The van der Waals surface area contributed by atoms with Gasteiger partial charge in [0.25, 0.3) is 0 Å². The fourth-order valence-electron chi connectivity index (χ4n) is 3.60. The summed E-state index contributed by atoms with van der Waals surface area (Å²) < 4.78 is 0. The van der Waals surface area contributed by atoms with Gasteiger partial charge in [-0.1, -0.05) is 74.0 Å². The normalized spacial score (nSPS) is 18.2. The van der Waals surface area contributed by atoms with E-state index in [-0.39, 0.29) is 5.54 Å². The number of hydrogen-bond donors (Lipinski definition) is 1. The van der Waals surface area contributed by atoms with E-state index in [2.05, 4.69) is 77.8 Å². The van der Waals surface area contributed by atoms with Crippen LogP contribution < -0.4 is 5.32 Å². The van der Waals surface area contributed by atoms with Crippen LogP contribution in [0.5, 0.6) is 0 Å². The fourth-order valence-corrected chi connectivity index (χ4v) is 3.60. The van der Waals surface area contributed by atoms with Gasteiger partial charge >= 0.3 is 0 Å². The second-order valence-corrected chi connectivity index (χ2v) is 6.11. The third-order valence-electron chi connectivity index (χ3n) is 4.76. The second kappa shape index (κ2) is 7.08. The number of hydrogen-bond acceptors (Lipinski definition) is 2. The van der Waals surface area contributed by atoms with Crippen LogP contribution in [-0.4, -0.2) is 31.1 Å². The summed E-state index contributed by atoms with van der Waals surface area (Å²) in [6.07, 6.45) is 2.49. The minimum absolute atomic E-state index is 0.0457. The largest absolute Gasteiger partial charge is 0.313 e. The molecule has 22 heavy (non-hydrogen) atoms. The van der Waals surface area contributed by atoms with E-state index in [1.54, 1.807) is 0 Å². The zero-order valence-corrected chi connectivity index (χ0v) is 13.5. The number of nitrogens with zero attached hydrogens (tertiary/aromatic N) is 1. The highest BCUT2D eigenvalue weighted by atomic mass is 15.3. The predicted octanol–water partition coefficient (Wildman–Crippen LogP) is 3.64.